The zero-order chi connectivity index (χ0) is 44.2. The van der Waals surface area contributed by atoms with Crippen LogP contribution in [0.4, 0.5) is 34.1 Å². The van der Waals surface area contributed by atoms with Crippen molar-refractivity contribution >= 4 is 69.6 Å². The molecule has 0 radical (unpaired) electrons. The quantitative estimate of drug-likeness (QED) is 0.0441. The van der Waals surface area contributed by atoms with Crippen LogP contribution in [0.25, 0.3) is 0 Å². The Kier molecular flexibility index (Phi) is 13.8. The van der Waals surface area contributed by atoms with Crippen molar-refractivity contribution in [2.75, 3.05) is 60.0 Å². The van der Waals surface area contributed by atoms with Crippen LogP contribution in [0.3, 0.4) is 0 Å². The van der Waals surface area contributed by atoms with Gasteiger partial charge in [0.15, 0.2) is 0 Å². The summed E-state index contributed by atoms with van der Waals surface area (Å²) in [7, 11) is 2.89. The molecule has 0 saturated heterocycles. The van der Waals surface area contributed by atoms with E-state index in [2.05, 4.69) is 31.9 Å². The summed E-state index contributed by atoms with van der Waals surface area (Å²) in [5, 5.41) is 16.5. The van der Waals surface area contributed by atoms with Gasteiger partial charge in [0.1, 0.15) is 11.5 Å². The number of anilines is 6. The molecule has 6 rings (SSSR count). The highest BCUT2D eigenvalue weighted by molar-refractivity contribution is 6.10. The van der Waals surface area contributed by atoms with E-state index in [4.69, 9.17) is 20.9 Å². The number of hydrogen-bond donors (Lipinski definition) is 8. The number of benzene rings is 6. The maximum atomic E-state index is 13.5. The second-order valence-corrected chi connectivity index (χ2v) is 13.6. The molecule has 0 aliphatic carbocycles. The minimum absolute atomic E-state index is 0.0404. The van der Waals surface area contributed by atoms with Crippen molar-refractivity contribution in [1.82, 2.24) is 10.6 Å². The number of nitrogens with two attached hydrogens (primary N) is 2. The summed E-state index contributed by atoms with van der Waals surface area (Å²) >= 11 is 0. The van der Waals surface area contributed by atoms with Crippen molar-refractivity contribution in [3.63, 3.8) is 0 Å². The molecule has 314 valence electrons. The fourth-order valence-electron chi connectivity index (χ4n) is 6.10. The highest BCUT2D eigenvalue weighted by Crippen LogP contribution is 2.25. The van der Waals surface area contributed by atoms with Crippen LogP contribution >= 0.6 is 0 Å². The van der Waals surface area contributed by atoms with Gasteiger partial charge in [0.2, 0.25) is 0 Å². The molecule has 0 bridgehead atoms. The molecular formula is C46H42N8O8. The van der Waals surface area contributed by atoms with Crippen LogP contribution in [0.2, 0.25) is 0 Å². The lowest BCUT2D eigenvalue weighted by atomic mass is 10.1. The van der Waals surface area contributed by atoms with Crippen molar-refractivity contribution in [2.24, 2.45) is 0 Å². The Balaban J connectivity index is 1.16. The molecule has 0 aliphatic rings. The minimum atomic E-state index is -0.579. The van der Waals surface area contributed by atoms with Gasteiger partial charge >= 0.3 is 0 Å². The van der Waals surface area contributed by atoms with E-state index in [0.29, 0.717) is 34.0 Å². The molecule has 6 aromatic rings. The van der Waals surface area contributed by atoms with E-state index in [9.17, 15) is 28.8 Å². The van der Waals surface area contributed by atoms with Crippen LogP contribution in [-0.4, -0.2) is 62.8 Å². The number of carbonyl (C=O) groups is 6. The van der Waals surface area contributed by atoms with E-state index in [0.717, 1.165) is 0 Å². The molecule has 6 amide bonds. The highest BCUT2D eigenvalue weighted by atomic mass is 16.5. The number of nitrogen functional groups attached to an aromatic ring is 2. The summed E-state index contributed by atoms with van der Waals surface area (Å²) < 4.78 is 10.5. The van der Waals surface area contributed by atoms with Gasteiger partial charge in [-0.05, 0) is 84.9 Å². The molecule has 16 heteroatoms. The Morgan fingerprint density at radius 3 is 1.02 bits per heavy atom. The lowest BCUT2D eigenvalue weighted by Crippen LogP contribution is -2.34. The summed E-state index contributed by atoms with van der Waals surface area (Å²) in [5.74, 6) is -2.40. The number of nitrogens with one attached hydrogen (secondary N) is 6. The maximum absolute atomic E-state index is 13.5. The monoisotopic (exact) mass is 834 g/mol. The van der Waals surface area contributed by atoms with Crippen molar-refractivity contribution in [3.05, 3.63) is 167 Å². The van der Waals surface area contributed by atoms with Crippen molar-refractivity contribution < 1.29 is 38.2 Å². The molecule has 0 aromatic heterocycles. The molecule has 0 saturated carbocycles. The van der Waals surface area contributed by atoms with Gasteiger partial charge in [-0.2, -0.15) is 0 Å². The van der Waals surface area contributed by atoms with Crippen LogP contribution in [0.1, 0.15) is 62.1 Å². The third kappa shape index (κ3) is 11.5. The van der Waals surface area contributed by atoms with Gasteiger partial charge in [-0.15, -0.1) is 0 Å². The summed E-state index contributed by atoms with van der Waals surface area (Å²) in [4.78, 5) is 79.7. The fourth-order valence-corrected chi connectivity index (χ4v) is 6.10. The molecular weight excluding hydrogens is 793 g/mol. The third-order valence-corrected chi connectivity index (χ3v) is 9.04. The van der Waals surface area contributed by atoms with E-state index in [-0.39, 0.29) is 58.1 Å². The standard InChI is InChI=1S/C46H42N8O8/c1-61-39-21-29(15-33(47)23-39)45(59)53-37-19-31(17-35(25-37)51-43(57)27-9-5-3-6-10-27)41(55)49-13-14-50-42(56)32-18-36(52-44(58)28-11-7-4-8-12-28)26-38(20-32)54-46(60)30-16-34(48)24-40(22-30)62-2/h3-12,15-26H,13-14,47-48H2,1-2H3,(H,49,55)(H,50,56)(H,51,57)(H,52,58)(H,53,59)(H,54,60). The molecule has 0 aliphatic heterocycles. The minimum Gasteiger partial charge on any atom is -0.497 e. The Bertz CT molecular complexity index is 2470. The predicted octanol–water partition coefficient (Wildman–Crippen LogP) is 6.04. The molecule has 6 aromatic carbocycles. The molecule has 0 fully saturated rings. The van der Waals surface area contributed by atoms with Gasteiger partial charge in [-0.25, -0.2) is 0 Å². The zero-order valence-corrected chi connectivity index (χ0v) is 33.5. The first-order chi connectivity index (χ1) is 29.9. The second kappa shape index (κ2) is 19.9. The first-order valence-electron chi connectivity index (χ1n) is 19.0. The fraction of sp³-hybridized carbons (Fsp3) is 0.0870. The average molecular weight is 835 g/mol. The number of hydrogen-bond acceptors (Lipinski definition) is 10. The van der Waals surface area contributed by atoms with Crippen LogP contribution in [-0.2, 0) is 0 Å². The van der Waals surface area contributed by atoms with Crippen molar-refractivity contribution in [1.29, 1.82) is 0 Å². The zero-order valence-electron chi connectivity index (χ0n) is 33.5. The number of amides is 6. The molecule has 16 nitrogen and oxygen atoms in total. The molecule has 62 heavy (non-hydrogen) atoms. The van der Waals surface area contributed by atoms with Gasteiger partial charge in [0.25, 0.3) is 35.4 Å². The summed E-state index contributed by atoms with van der Waals surface area (Å²) in [6, 6.07) is 34.7. The van der Waals surface area contributed by atoms with E-state index in [1.807, 2.05) is 0 Å². The Morgan fingerprint density at radius 2 is 0.694 bits per heavy atom. The maximum Gasteiger partial charge on any atom is 0.255 e. The lowest BCUT2D eigenvalue weighted by molar-refractivity contribution is 0.0927. The third-order valence-electron chi connectivity index (χ3n) is 9.04. The van der Waals surface area contributed by atoms with Crippen LogP contribution in [0.5, 0.6) is 11.5 Å². The number of ether oxygens (including phenoxy) is 2. The normalized spacial score (nSPS) is 10.4. The second-order valence-electron chi connectivity index (χ2n) is 13.6. The average Bonchev–Trinajstić information content (AvgIpc) is 3.27. The van der Waals surface area contributed by atoms with Gasteiger partial charge in [0, 0.05) is 92.7 Å². The Hall–Kier alpha value is -8.66. The van der Waals surface area contributed by atoms with Crippen LogP contribution < -0.4 is 52.8 Å². The SMILES string of the molecule is COc1cc(N)cc(C(=O)Nc2cc(NC(=O)c3ccccc3)cc(C(=O)NCCNC(=O)c3cc(NC(=O)c4ccccc4)cc(NC(=O)c4cc(N)cc(OC)c4)c3)c2)c1. The molecule has 0 unspecified atom stereocenters. The number of carbonyl (C=O) groups excluding carboxylic acids is 6. The van der Waals surface area contributed by atoms with Gasteiger partial charge in [-0.3, -0.25) is 28.8 Å². The van der Waals surface area contributed by atoms with Gasteiger partial charge in [-0.1, -0.05) is 36.4 Å². The van der Waals surface area contributed by atoms with Gasteiger partial charge < -0.3 is 52.8 Å². The molecule has 0 atom stereocenters. The highest BCUT2D eigenvalue weighted by Gasteiger charge is 2.17. The lowest BCUT2D eigenvalue weighted by Gasteiger charge is -2.14. The molecule has 0 heterocycles. The summed E-state index contributed by atoms with van der Waals surface area (Å²) in [6.45, 7) is -0.0809. The first-order valence-corrected chi connectivity index (χ1v) is 19.0. The van der Waals surface area contributed by atoms with Crippen LogP contribution in [0, 0.1) is 0 Å². The topological polar surface area (TPSA) is 245 Å². The molecule has 10 N–H and O–H groups in total. The van der Waals surface area contributed by atoms with Gasteiger partial charge in [0.05, 0.1) is 14.2 Å². The van der Waals surface area contributed by atoms with Crippen molar-refractivity contribution in [2.45, 2.75) is 0 Å². The Morgan fingerprint density at radius 1 is 0.387 bits per heavy atom. The molecule has 0 spiro atoms. The number of rotatable bonds is 15. The van der Waals surface area contributed by atoms with Crippen molar-refractivity contribution in [3.8, 4) is 11.5 Å². The first kappa shape index (κ1) is 42.9. The van der Waals surface area contributed by atoms with E-state index in [1.54, 1.807) is 72.8 Å². The predicted molar refractivity (Wildman–Crippen MR) is 237 cm³/mol. The van der Waals surface area contributed by atoms with E-state index in [1.165, 1.54) is 74.9 Å². The van der Waals surface area contributed by atoms with E-state index < -0.39 is 35.4 Å². The summed E-state index contributed by atoms with van der Waals surface area (Å²) in [5.41, 5.74) is 14.6. The smallest absolute Gasteiger partial charge is 0.255 e. The van der Waals surface area contributed by atoms with Crippen LogP contribution in [0.15, 0.2) is 133 Å². The van der Waals surface area contributed by atoms with E-state index >= 15 is 0 Å². The number of methoxy groups -OCH3 is 2. The largest absolute Gasteiger partial charge is 0.497 e. The Labute approximate surface area is 356 Å². The summed E-state index contributed by atoms with van der Waals surface area (Å²) in [6.07, 6.45) is 0.